The summed E-state index contributed by atoms with van der Waals surface area (Å²) in [7, 11) is 24.7. The summed E-state index contributed by atoms with van der Waals surface area (Å²) in [5.41, 5.74) is 0. The van der Waals surface area contributed by atoms with E-state index in [1.54, 1.807) is 0 Å². The van der Waals surface area contributed by atoms with Crippen molar-refractivity contribution in [3.63, 3.8) is 0 Å². The maximum Gasteiger partial charge on any atom is 0.315 e. The van der Waals surface area contributed by atoms with Crippen molar-refractivity contribution >= 4 is 59.6 Å². The first kappa shape index (κ1) is 22.8. The van der Waals surface area contributed by atoms with E-state index >= 15 is 0 Å². The van der Waals surface area contributed by atoms with E-state index in [9.17, 15) is 0 Å². The molecule has 0 aromatic carbocycles. The molecule has 0 unspecified atom stereocenters. The van der Waals surface area contributed by atoms with Gasteiger partial charge in [0.1, 0.15) is 11.6 Å². The number of rotatable bonds is 8. The van der Waals surface area contributed by atoms with Crippen LogP contribution in [0.15, 0.2) is 0 Å². The van der Waals surface area contributed by atoms with Crippen LogP contribution in [0.1, 0.15) is 11.6 Å². The highest BCUT2D eigenvalue weighted by molar-refractivity contribution is 7.68. The molecular weight excluding hydrogens is 362 g/mol. The van der Waals surface area contributed by atoms with Gasteiger partial charge in [0.05, 0.1) is 6.39 Å². The fourth-order valence-corrected chi connectivity index (χ4v) is 2.74. The van der Waals surface area contributed by atoms with E-state index in [-0.39, 0.29) is 0 Å². The van der Waals surface area contributed by atoms with Gasteiger partial charge < -0.3 is 19.4 Å². The van der Waals surface area contributed by atoms with Crippen LogP contribution in [-0.2, 0) is 0 Å². The van der Waals surface area contributed by atoms with Crippen LogP contribution in [0.5, 0.6) is 0 Å². The molecule has 2 rings (SSSR count). The fourth-order valence-electron chi connectivity index (χ4n) is 2.74. The minimum Gasteiger partial charge on any atom is -0.375 e. The van der Waals surface area contributed by atoms with Crippen LogP contribution in [0.2, 0.25) is 0 Å². The molecule has 2 aromatic heterocycles. The third-order valence-electron chi connectivity index (χ3n) is 4.24. The molecule has 0 aliphatic heterocycles. The smallest absolute Gasteiger partial charge is 0.315 e. The zero-order valence-corrected chi connectivity index (χ0v) is 18.4. The lowest BCUT2D eigenvalue weighted by Gasteiger charge is -2.36. The molecule has 0 atom stereocenters. The van der Waals surface area contributed by atoms with Crippen LogP contribution in [0.3, 0.4) is 0 Å². The van der Waals surface area contributed by atoms with Gasteiger partial charge in [-0.2, -0.15) is 29.9 Å². The third-order valence-corrected chi connectivity index (χ3v) is 4.24. The summed E-state index contributed by atoms with van der Waals surface area (Å²) >= 11 is 0. The molecule has 0 fully saturated rings. The van der Waals surface area contributed by atoms with Crippen molar-refractivity contribution in [2.75, 3.05) is 61.7 Å². The molecule has 15 heteroatoms. The lowest BCUT2D eigenvalue weighted by Crippen LogP contribution is -2.64. The lowest BCUT2D eigenvalue weighted by molar-refractivity contribution is 0.894. The van der Waals surface area contributed by atoms with Crippen LogP contribution in [0.4, 0.5) is 23.8 Å². The molecule has 0 aliphatic carbocycles. The Hall–Kier alpha value is -2.46. The number of aryl methyl sites for hydroxylation is 2. The third kappa shape index (κ3) is 5.33. The predicted molar refractivity (Wildman–Crippen MR) is 123 cm³/mol. The summed E-state index contributed by atoms with van der Waals surface area (Å²) in [5.74, 6) is 3.24. The first-order valence-corrected chi connectivity index (χ1v) is 9.11. The monoisotopic (exact) mass is 387 g/mol. The maximum absolute atomic E-state index is 6.34. The second-order valence-corrected chi connectivity index (χ2v) is 7.16. The minimum atomic E-state index is -0.537. The predicted octanol–water partition coefficient (Wildman–Crippen LogP) is -1.61. The van der Waals surface area contributed by atoms with Crippen LogP contribution in [-0.4, -0.2) is 108 Å². The Labute approximate surface area is 177 Å². The first-order chi connectivity index (χ1) is 13.5. The highest BCUT2D eigenvalue weighted by atomic mass is 15.4. The van der Waals surface area contributed by atoms with Gasteiger partial charge >= 0.3 is 6.87 Å². The van der Waals surface area contributed by atoms with Gasteiger partial charge in [-0.25, -0.2) is 0 Å². The van der Waals surface area contributed by atoms with E-state index in [4.69, 9.17) is 15.5 Å². The number of hydrogen-bond donors (Lipinski definition) is 0. The molecule has 29 heavy (non-hydrogen) atoms. The van der Waals surface area contributed by atoms with Gasteiger partial charge in [0.15, 0.2) is 0 Å². The van der Waals surface area contributed by atoms with Crippen molar-refractivity contribution in [1.29, 1.82) is 0 Å². The molecule has 10 nitrogen and oxygen atoms in total. The van der Waals surface area contributed by atoms with Gasteiger partial charge in [-0.05, 0) is 27.9 Å². The zero-order valence-electron chi connectivity index (χ0n) is 18.4. The lowest BCUT2D eigenvalue weighted by atomic mass is 8.89. The van der Waals surface area contributed by atoms with E-state index in [2.05, 4.69) is 29.9 Å². The molecule has 0 saturated heterocycles. The van der Waals surface area contributed by atoms with Crippen LogP contribution in [0, 0.1) is 13.8 Å². The second kappa shape index (κ2) is 9.36. The first-order valence-electron chi connectivity index (χ1n) is 9.11. The van der Waals surface area contributed by atoms with Gasteiger partial charge in [0.25, 0.3) is 0 Å². The summed E-state index contributed by atoms with van der Waals surface area (Å²) < 4.78 is 0. The average molecular weight is 386 g/mol. The number of hydrogen-bond acceptors (Lipinski definition) is 10. The molecular formula is C14H24B5N10. The van der Waals surface area contributed by atoms with Gasteiger partial charge in [-0.1, -0.05) is 0 Å². The molecule has 145 valence electrons. The summed E-state index contributed by atoms with van der Waals surface area (Å²) in [5, 5.41) is 0. The van der Waals surface area contributed by atoms with Crippen LogP contribution >= 0.6 is 0 Å². The summed E-state index contributed by atoms with van der Waals surface area (Å²) in [6.45, 7) is 3.19. The van der Waals surface area contributed by atoms with Crippen molar-refractivity contribution in [2.45, 2.75) is 13.8 Å². The summed E-state index contributed by atoms with van der Waals surface area (Å²) in [4.78, 5) is 34.0. The second-order valence-electron chi connectivity index (χ2n) is 7.16. The molecule has 0 amide bonds. The standard InChI is InChI=1S/C14H24B5N10/c1-9-20-11(26(3)4)24-13(22-9)28(7)19(18(16)17-15)29(8)14-23-10(2)21-12(25-14)27(5)6/h1-8H3. The Morgan fingerprint density at radius 1 is 0.655 bits per heavy atom. The van der Waals surface area contributed by atoms with Crippen LogP contribution in [0.25, 0.3) is 0 Å². The number of aromatic nitrogens is 6. The Balaban J connectivity index is 2.49. The Kier molecular flexibility index (Phi) is 7.37. The van der Waals surface area contributed by atoms with E-state index in [1.807, 2.05) is 75.6 Å². The molecule has 0 N–H and O–H groups in total. The largest absolute Gasteiger partial charge is 0.375 e. The molecule has 5 radical (unpaired) electrons. The molecule has 2 aromatic rings. The zero-order chi connectivity index (χ0) is 21.9. The van der Waals surface area contributed by atoms with E-state index in [0.717, 1.165) is 0 Å². The molecule has 0 saturated carbocycles. The van der Waals surface area contributed by atoms with E-state index in [0.29, 0.717) is 35.4 Å². The Morgan fingerprint density at radius 2 is 1.00 bits per heavy atom. The van der Waals surface area contributed by atoms with Crippen molar-refractivity contribution in [3.8, 4) is 0 Å². The number of anilines is 4. The SMILES string of the molecule is [B][B]B([B])B(N(C)c1nc(C)nc(N(C)C)n1)N(C)c1nc(C)nc(N(C)C)n1. The molecule has 0 bridgehead atoms. The van der Waals surface area contributed by atoms with E-state index < -0.39 is 13.3 Å². The minimum absolute atomic E-state index is 0.450. The van der Waals surface area contributed by atoms with Crippen molar-refractivity contribution in [3.05, 3.63) is 11.6 Å². The average Bonchev–Trinajstić information content (AvgIpc) is 2.66. The van der Waals surface area contributed by atoms with Gasteiger partial charge in [-0.15, -0.1) is 0 Å². The summed E-state index contributed by atoms with van der Waals surface area (Å²) in [6.07, 6.45) is -0.537. The molecule has 0 spiro atoms. The van der Waals surface area contributed by atoms with E-state index in [1.165, 1.54) is 7.06 Å². The van der Waals surface area contributed by atoms with Crippen molar-refractivity contribution in [1.82, 2.24) is 29.9 Å². The quantitative estimate of drug-likeness (QED) is 0.494. The molecule has 0 aliphatic rings. The highest BCUT2D eigenvalue weighted by Crippen LogP contribution is 2.18. The molecule has 2 heterocycles. The van der Waals surface area contributed by atoms with Crippen LogP contribution < -0.4 is 19.4 Å². The Morgan fingerprint density at radius 3 is 1.31 bits per heavy atom. The van der Waals surface area contributed by atoms with Crippen molar-refractivity contribution < 1.29 is 0 Å². The number of nitrogens with zero attached hydrogens (tertiary/aromatic N) is 10. The normalized spacial score (nSPS) is 10.3. The highest BCUT2D eigenvalue weighted by Gasteiger charge is 2.35. The Bertz CT molecular complexity index is 775. The summed E-state index contributed by atoms with van der Waals surface area (Å²) in [6, 6.07) is 0. The topological polar surface area (TPSA) is 90.3 Å². The van der Waals surface area contributed by atoms with Gasteiger partial charge in [0.2, 0.25) is 23.8 Å². The maximum atomic E-state index is 6.34. The van der Waals surface area contributed by atoms with Gasteiger partial charge in [-0.3, -0.25) is 0 Å². The van der Waals surface area contributed by atoms with Gasteiger partial charge in [0, 0.05) is 50.7 Å². The van der Waals surface area contributed by atoms with Crippen molar-refractivity contribution in [2.24, 2.45) is 0 Å². The fraction of sp³-hybridized carbons (Fsp3) is 0.571.